The lowest BCUT2D eigenvalue weighted by Gasteiger charge is -2.21. The second kappa shape index (κ2) is 6.76. The zero-order valence-corrected chi connectivity index (χ0v) is 9.49. The molecule has 5 heteroatoms. The van der Waals surface area contributed by atoms with Gasteiger partial charge >= 0.3 is 0 Å². The van der Waals surface area contributed by atoms with Crippen molar-refractivity contribution in [2.45, 2.75) is 12.8 Å². The van der Waals surface area contributed by atoms with E-state index in [1.807, 2.05) is 0 Å². The Morgan fingerprint density at radius 1 is 1.47 bits per heavy atom. The number of carbonyl (C=O) groups is 1. The van der Waals surface area contributed by atoms with E-state index in [9.17, 15) is 4.79 Å². The van der Waals surface area contributed by atoms with Gasteiger partial charge in [0.1, 0.15) is 6.61 Å². The fraction of sp³-hybridized carbons (Fsp3) is 0.900. The molecule has 88 valence electrons. The number of carbonyl (C=O) groups excluding carboxylic acids is 1. The van der Waals surface area contributed by atoms with E-state index in [1.165, 1.54) is 0 Å². The molecule has 1 heterocycles. The van der Waals surface area contributed by atoms with Crippen molar-refractivity contribution in [3.63, 3.8) is 0 Å². The topological polar surface area (TPSA) is 50.8 Å². The van der Waals surface area contributed by atoms with E-state index < -0.39 is 0 Å². The molecule has 5 nitrogen and oxygen atoms in total. The summed E-state index contributed by atoms with van der Waals surface area (Å²) in [4.78, 5) is 11.2. The number of amides is 1. The van der Waals surface area contributed by atoms with Crippen LogP contribution in [0, 0.1) is 5.92 Å². The molecule has 1 fully saturated rings. The standard InChI is InChI=1S/C10H20N2O3/c1-12(2)11-10(13)8-15-7-9-3-5-14-6-4-9/h9H,3-8H2,1-2H3,(H,11,13). The molecule has 1 aliphatic heterocycles. The molecule has 0 bridgehead atoms. The lowest BCUT2D eigenvalue weighted by Crippen LogP contribution is -2.38. The molecule has 0 radical (unpaired) electrons. The molecule has 15 heavy (non-hydrogen) atoms. The Labute approximate surface area is 90.7 Å². The van der Waals surface area contributed by atoms with Gasteiger partial charge in [-0.2, -0.15) is 0 Å². The van der Waals surface area contributed by atoms with Crippen molar-refractivity contribution < 1.29 is 14.3 Å². The molecule has 0 saturated carbocycles. The van der Waals surface area contributed by atoms with Crippen molar-refractivity contribution in [2.24, 2.45) is 5.92 Å². The largest absolute Gasteiger partial charge is 0.381 e. The summed E-state index contributed by atoms with van der Waals surface area (Å²) in [6, 6.07) is 0. The Morgan fingerprint density at radius 2 is 2.13 bits per heavy atom. The van der Waals surface area contributed by atoms with E-state index >= 15 is 0 Å². The predicted molar refractivity (Wildman–Crippen MR) is 56.2 cm³/mol. The lowest BCUT2D eigenvalue weighted by molar-refractivity contribution is -0.130. The second-order valence-corrected chi connectivity index (χ2v) is 4.00. The van der Waals surface area contributed by atoms with Crippen LogP contribution in [0.25, 0.3) is 0 Å². The van der Waals surface area contributed by atoms with Crippen LogP contribution in [0.15, 0.2) is 0 Å². The third kappa shape index (κ3) is 5.71. The summed E-state index contributed by atoms with van der Waals surface area (Å²) in [6.45, 7) is 2.43. The third-order valence-corrected chi connectivity index (χ3v) is 2.28. The summed E-state index contributed by atoms with van der Waals surface area (Å²) in [6.07, 6.45) is 2.07. The van der Waals surface area contributed by atoms with Gasteiger partial charge in [-0.25, -0.2) is 5.01 Å². The highest BCUT2D eigenvalue weighted by atomic mass is 16.5. The Balaban J connectivity index is 2.02. The van der Waals surface area contributed by atoms with Crippen molar-refractivity contribution >= 4 is 5.91 Å². The van der Waals surface area contributed by atoms with E-state index in [-0.39, 0.29) is 12.5 Å². The van der Waals surface area contributed by atoms with Crippen LogP contribution in [0.4, 0.5) is 0 Å². The van der Waals surface area contributed by atoms with Gasteiger partial charge in [0.05, 0.1) is 6.61 Å². The molecule has 1 N–H and O–H groups in total. The first kappa shape index (κ1) is 12.4. The number of ether oxygens (including phenoxy) is 2. The minimum Gasteiger partial charge on any atom is -0.381 e. The van der Waals surface area contributed by atoms with Gasteiger partial charge in [0.2, 0.25) is 0 Å². The van der Waals surface area contributed by atoms with Crippen LogP contribution in [-0.2, 0) is 14.3 Å². The smallest absolute Gasteiger partial charge is 0.260 e. The zero-order chi connectivity index (χ0) is 11.1. The first-order valence-electron chi connectivity index (χ1n) is 5.31. The van der Waals surface area contributed by atoms with E-state index in [2.05, 4.69) is 5.43 Å². The number of nitrogens with zero attached hydrogens (tertiary/aromatic N) is 1. The van der Waals surface area contributed by atoms with Gasteiger partial charge in [0, 0.05) is 27.3 Å². The highest BCUT2D eigenvalue weighted by Gasteiger charge is 2.14. The quantitative estimate of drug-likeness (QED) is 0.658. The summed E-state index contributed by atoms with van der Waals surface area (Å²) in [7, 11) is 3.55. The van der Waals surface area contributed by atoms with Crippen molar-refractivity contribution in [1.29, 1.82) is 0 Å². The maximum atomic E-state index is 11.2. The molecular formula is C10H20N2O3. The molecular weight excluding hydrogens is 196 g/mol. The Hall–Kier alpha value is -0.650. The average molecular weight is 216 g/mol. The van der Waals surface area contributed by atoms with Gasteiger partial charge in [-0.3, -0.25) is 10.2 Å². The summed E-state index contributed by atoms with van der Waals surface area (Å²) < 4.78 is 10.6. The predicted octanol–water partition coefficient (Wildman–Crippen LogP) is 0.0224. The molecule has 0 aromatic carbocycles. The molecule has 0 unspecified atom stereocenters. The maximum absolute atomic E-state index is 11.2. The SMILES string of the molecule is CN(C)NC(=O)COCC1CCOCC1. The minimum atomic E-state index is -0.105. The number of rotatable bonds is 5. The van der Waals surface area contributed by atoms with E-state index in [1.54, 1.807) is 19.1 Å². The van der Waals surface area contributed by atoms with Gasteiger partial charge in [-0.15, -0.1) is 0 Å². The summed E-state index contributed by atoms with van der Waals surface area (Å²) in [5, 5.41) is 1.61. The number of nitrogens with one attached hydrogen (secondary N) is 1. The van der Waals surface area contributed by atoms with E-state index in [0.717, 1.165) is 26.1 Å². The van der Waals surface area contributed by atoms with Crippen LogP contribution in [0.3, 0.4) is 0 Å². The third-order valence-electron chi connectivity index (χ3n) is 2.28. The van der Waals surface area contributed by atoms with Crippen LogP contribution in [-0.4, -0.2) is 51.4 Å². The maximum Gasteiger partial charge on any atom is 0.260 e. The molecule has 1 amide bonds. The van der Waals surface area contributed by atoms with Crippen molar-refractivity contribution in [2.75, 3.05) is 40.5 Å². The second-order valence-electron chi connectivity index (χ2n) is 4.00. The fourth-order valence-electron chi connectivity index (χ4n) is 1.51. The molecule has 0 aromatic rings. The van der Waals surface area contributed by atoms with E-state index in [4.69, 9.17) is 9.47 Å². The molecule has 0 spiro atoms. The first-order valence-corrected chi connectivity index (χ1v) is 5.31. The average Bonchev–Trinajstić information content (AvgIpc) is 2.18. The Morgan fingerprint density at radius 3 is 2.73 bits per heavy atom. The number of hydrazine groups is 1. The highest BCUT2D eigenvalue weighted by Crippen LogP contribution is 2.14. The molecule has 1 rings (SSSR count). The zero-order valence-electron chi connectivity index (χ0n) is 9.49. The highest BCUT2D eigenvalue weighted by molar-refractivity contribution is 5.76. The summed E-state index contributed by atoms with van der Waals surface area (Å²) in [5.41, 5.74) is 2.63. The Kier molecular flexibility index (Phi) is 5.60. The van der Waals surface area contributed by atoms with E-state index in [0.29, 0.717) is 12.5 Å². The van der Waals surface area contributed by atoms with Crippen molar-refractivity contribution in [3.8, 4) is 0 Å². The summed E-state index contributed by atoms with van der Waals surface area (Å²) >= 11 is 0. The fourth-order valence-corrected chi connectivity index (χ4v) is 1.51. The number of hydrogen-bond donors (Lipinski definition) is 1. The summed E-state index contributed by atoms with van der Waals surface area (Å²) in [5.74, 6) is 0.443. The van der Waals surface area contributed by atoms with Crippen LogP contribution >= 0.6 is 0 Å². The first-order chi connectivity index (χ1) is 7.18. The molecule has 0 aromatic heterocycles. The minimum absolute atomic E-state index is 0.105. The van der Waals surface area contributed by atoms with Gasteiger partial charge in [0.25, 0.3) is 5.91 Å². The molecule has 1 aliphatic rings. The van der Waals surface area contributed by atoms with Crippen molar-refractivity contribution in [1.82, 2.24) is 10.4 Å². The van der Waals surface area contributed by atoms with Crippen LogP contribution in [0.2, 0.25) is 0 Å². The lowest BCUT2D eigenvalue weighted by atomic mass is 10.0. The Bertz CT molecular complexity index is 191. The van der Waals surface area contributed by atoms with Crippen LogP contribution in [0.5, 0.6) is 0 Å². The normalized spacial score (nSPS) is 18.1. The molecule has 1 saturated heterocycles. The monoisotopic (exact) mass is 216 g/mol. The van der Waals surface area contributed by atoms with Gasteiger partial charge in [-0.05, 0) is 18.8 Å². The van der Waals surface area contributed by atoms with Crippen LogP contribution in [0.1, 0.15) is 12.8 Å². The van der Waals surface area contributed by atoms with Gasteiger partial charge in [-0.1, -0.05) is 0 Å². The molecule has 0 atom stereocenters. The van der Waals surface area contributed by atoms with Crippen LogP contribution < -0.4 is 5.43 Å². The number of hydrogen-bond acceptors (Lipinski definition) is 4. The van der Waals surface area contributed by atoms with Crippen molar-refractivity contribution in [3.05, 3.63) is 0 Å². The van der Waals surface area contributed by atoms with Gasteiger partial charge in [0.15, 0.2) is 0 Å². The molecule has 0 aliphatic carbocycles. The van der Waals surface area contributed by atoms with Gasteiger partial charge < -0.3 is 9.47 Å².